The number of rotatable bonds is 7. The number of ether oxygens (including phenoxy) is 2. The van der Waals surface area contributed by atoms with E-state index in [0.29, 0.717) is 43.7 Å². The van der Waals surface area contributed by atoms with Gasteiger partial charge in [-0.3, -0.25) is 9.59 Å². The fraction of sp³-hybridized carbons (Fsp3) is 0.667. The molecule has 1 heterocycles. The fourth-order valence-electron chi connectivity index (χ4n) is 5.09. The molecule has 30 heavy (non-hydrogen) atoms. The topological polar surface area (TPSA) is 67.9 Å². The molecule has 0 radical (unpaired) electrons. The number of carbonyl (C=O) groups is 2. The summed E-state index contributed by atoms with van der Waals surface area (Å²) in [6.07, 6.45) is 2.06. The van der Waals surface area contributed by atoms with Gasteiger partial charge in [0.1, 0.15) is 11.5 Å². The Morgan fingerprint density at radius 3 is 2.60 bits per heavy atom. The van der Waals surface area contributed by atoms with E-state index in [0.717, 1.165) is 23.5 Å². The van der Waals surface area contributed by atoms with Crippen molar-refractivity contribution in [2.24, 2.45) is 23.2 Å². The normalized spacial score (nSPS) is 25.9. The van der Waals surface area contributed by atoms with Gasteiger partial charge >= 0.3 is 0 Å². The largest absolute Gasteiger partial charge is 0.497 e. The first-order chi connectivity index (χ1) is 14.1. The zero-order valence-electron chi connectivity index (χ0n) is 19.2. The highest BCUT2D eigenvalue weighted by Crippen LogP contribution is 2.46. The lowest BCUT2D eigenvalue weighted by Crippen LogP contribution is -2.35. The molecule has 2 fully saturated rings. The Kier molecular flexibility index (Phi) is 6.63. The van der Waals surface area contributed by atoms with Crippen LogP contribution < -0.4 is 14.8 Å². The monoisotopic (exact) mass is 416 g/mol. The predicted octanol–water partition coefficient (Wildman–Crippen LogP) is 3.63. The van der Waals surface area contributed by atoms with Gasteiger partial charge in [-0.2, -0.15) is 0 Å². The van der Waals surface area contributed by atoms with Crippen LogP contribution in [0, 0.1) is 23.2 Å². The van der Waals surface area contributed by atoms with Crippen LogP contribution in [0.25, 0.3) is 0 Å². The molecule has 1 aromatic carbocycles. The van der Waals surface area contributed by atoms with Crippen molar-refractivity contribution in [1.82, 2.24) is 10.2 Å². The lowest BCUT2D eigenvalue weighted by atomic mass is 9.88. The Morgan fingerprint density at radius 1 is 1.23 bits per heavy atom. The van der Waals surface area contributed by atoms with Crippen molar-refractivity contribution in [2.45, 2.75) is 59.5 Å². The predicted molar refractivity (Wildman–Crippen MR) is 116 cm³/mol. The minimum atomic E-state index is -0.0224. The van der Waals surface area contributed by atoms with Crippen LogP contribution in [0.3, 0.4) is 0 Å². The molecule has 3 rings (SSSR count). The highest BCUT2D eigenvalue weighted by atomic mass is 16.5. The van der Waals surface area contributed by atoms with Crippen LogP contribution in [0.15, 0.2) is 18.2 Å². The highest BCUT2D eigenvalue weighted by molar-refractivity contribution is 5.80. The molecule has 1 saturated carbocycles. The third-order valence-corrected chi connectivity index (χ3v) is 6.58. The van der Waals surface area contributed by atoms with Crippen LogP contribution in [0.5, 0.6) is 11.5 Å². The van der Waals surface area contributed by atoms with Crippen LogP contribution in [0.4, 0.5) is 0 Å². The quantitative estimate of drug-likeness (QED) is 0.737. The fourth-order valence-corrected chi connectivity index (χ4v) is 5.09. The molecule has 0 unspecified atom stereocenters. The van der Waals surface area contributed by atoms with E-state index >= 15 is 0 Å². The Hall–Kier alpha value is -2.24. The van der Waals surface area contributed by atoms with Crippen molar-refractivity contribution >= 4 is 11.8 Å². The third kappa shape index (κ3) is 4.90. The summed E-state index contributed by atoms with van der Waals surface area (Å²) < 4.78 is 10.8. The van der Waals surface area contributed by atoms with Crippen LogP contribution in [0.2, 0.25) is 0 Å². The SMILES string of the molecule is COc1ccc(CN2C(=O)C[C@H]3[C@H](CNC(=O)CC(C)(C)C)[C@@H](C)C[C@H]32)c(OC)c1. The molecule has 0 aromatic heterocycles. The zero-order valence-corrected chi connectivity index (χ0v) is 19.2. The van der Waals surface area contributed by atoms with E-state index < -0.39 is 0 Å². The van der Waals surface area contributed by atoms with Gasteiger partial charge in [-0.25, -0.2) is 0 Å². The molecule has 1 saturated heterocycles. The Bertz CT molecular complexity index is 786. The summed E-state index contributed by atoms with van der Waals surface area (Å²) >= 11 is 0. The number of benzene rings is 1. The number of carbonyl (C=O) groups excluding carboxylic acids is 2. The molecule has 1 N–H and O–H groups in total. The number of nitrogens with zero attached hydrogens (tertiary/aromatic N) is 1. The highest BCUT2D eigenvalue weighted by Gasteiger charge is 2.50. The molecule has 1 aliphatic heterocycles. The summed E-state index contributed by atoms with van der Waals surface area (Å²) in [6, 6.07) is 5.96. The van der Waals surface area contributed by atoms with Crippen molar-refractivity contribution in [2.75, 3.05) is 20.8 Å². The van der Waals surface area contributed by atoms with Crippen LogP contribution in [0.1, 0.15) is 52.5 Å². The van der Waals surface area contributed by atoms with Crippen LogP contribution >= 0.6 is 0 Å². The number of amides is 2. The molecular formula is C24H36N2O4. The van der Waals surface area contributed by atoms with Gasteiger partial charge in [0, 0.05) is 43.6 Å². The lowest BCUT2D eigenvalue weighted by Gasteiger charge is -2.26. The van der Waals surface area contributed by atoms with Crippen molar-refractivity contribution in [1.29, 1.82) is 0 Å². The Balaban J connectivity index is 1.67. The van der Waals surface area contributed by atoms with E-state index in [4.69, 9.17) is 9.47 Å². The molecule has 0 spiro atoms. The number of fused-ring (bicyclic) bond motifs is 1. The molecule has 166 valence electrons. The third-order valence-electron chi connectivity index (χ3n) is 6.58. The molecule has 1 aliphatic carbocycles. The van der Waals surface area contributed by atoms with E-state index in [1.807, 2.05) is 23.1 Å². The van der Waals surface area contributed by atoms with Crippen LogP contribution in [-0.2, 0) is 16.1 Å². The molecule has 1 aromatic rings. The van der Waals surface area contributed by atoms with Crippen molar-refractivity contribution in [3.8, 4) is 11.5 Å². The summed E-state index contributed by atoms with van der Waals surface area (Å²) in [5.74, 6) is 2.88. The van der Waals surface area contributed by atoms with Gasteiger partial charge in [0.05, 0.1) is 14.2 Å². The van der Waals surface area contributed by atoms with Crippen molar-refractivity contribution in [3.63, 3.8) is 0 Å². The van der Waals surface area contributed by atoms with E-state index in [9.17, 15) is 9.59 Å². The number of likely N-dealkylation sites (tertiary alicyclic amines) is 1. The average molecular weight is 417 g/mol. The lowest BCUT2D eigenvalue weighted by molar-refractivity contribution is -0.129. The molecule has 4 atom stereocenters. The summed E-state index contributed by atoms with van der Waals surface area (Å²) in [4.78, 5) is 27.2. The van der Waals surface area contributed by atoms with E-state index in [-0.39, 0.29) is 23.3 Å². The smallest absolute Gasteiger partial charge is 0.223 e. The van der Waals surface area contributed by atoms with Gasteiger partial charge in [-0.1, -0.05) is 27.7 Å². The Morgan fingerprint density at radius 2 is 1.97 bits per heavy atom. The first kappa shape index (κ1) is 22.4. The number of nitrogens with one attached hydrogen (secondary N) is 1. The molecule has 6 heteroatoms. The second-order valence-corrected chi connectivity index (χ2v) is 10.1. The number of hydrogen-bond acceptors (Lipinski definition) is 4. The van der Waals surface area contributed by atoms with E-state index in [1.165, 1.54) is 0 Å². The van der Waals surface area contributed by atoms with Crippen LogP contribution in [-0.4, -0.2) is 43.5 Å². The van der Waals surface area contributed by atoms with E-state index in [1.54, 1.807) is 14.2 Å². The molecule has 0 bridgehead atoms. The van der Waals surface area contributed by atoms with Gasteiger partial charge in [-0.05, 0) is 41.7 Å². The maximum Gasteiger partial charge on any atom is 0.223 e. The average Bonchev–Trinajstić information content (AvgIpc) is 3.13. The van der Waals surface area contributed by atoms with Gasteiger partial charge in [0.15, 0.2) is 0 Å². The van der Waals surface area contributed by atoms with Crippen molar-refractivity contribution < 1.29 is 19.1 Å². The molecule has 2 amide bonds. The zero-order chi connectivity index (χ0) is 22.1. The van der Waals surface area contributed by atoms with Gasteiger partial charge in [0.25, 0.3) is 0 Å². The number of hydrogen-bond donors (Lipinski definition) is 1. The standard InChI is InChI=1S/C24H36N2O4/c1-15-9-20-18(19(15)13-25-22(27)12-24(2,3)4)11-23(28)26(20)14-16-7-8-17(29-5)10-21(16)30-6/h7-8,10,15,18-20H,9,11-14H2,1-6H3,(H,25,27)/t15-,18-,19+,20+/m0/s1. The molecule has 6 nitrogen and oxygen atoms in total. The van der Waals surface area contributed by atoms with Gasteiger partial charge in [0.2, 0.25) is 11.8 Å². The summed E-state index contributed by atoms with van der Waals surface area (Å²) in [5.41, 5.74) is 0.965. The van der Waals surface area contributed by atoms with Crippen molar-refractivity contribution in [3.05, 3.63) is 23.8 Å². The maximum absolute atomic E-state index is 12.9. The van der Waals surface area contributed by atoms with E-state index in [2.05, 4.69) is 33.0 Å². The number of methoxy groups -OCH3 is 2. The first-order valence-electron chi connectivity index (χ1n) is 10.9. The minimum Gasteiger partial charge on any atom is -0.497 e. The Labute approximate surface area is 180 Å². The minimum absolute atomic E-state index is 0.0224. The second-order valence-electron chi connectivity index (χ2n) is 10.1. The summed E-state index contributed by atoms with van der Waals surface area (Å²) in [6.45, 7) is 9.66. The molecular weight excluding hydrogens is 380 g/mol. The first-order valence-corrected chi connectivity index (χ1v) is 10.9. The van der Waals surface area contributed by atoms with Gasteiger partial charge in [-0.15, -0.1) is 0 Å². The van der Waals surface area contributed by atoms with Gasteiger partial charge < -0.3 is 19.7 Å². The second kappa shape index (κ2) is 8.86. The summed E-state index contributed by atoms with van der Waals surface area (Å²) in [5, 5.41) is 3.13. The maximum atomic E-state index is 12.9. The molecule has 2 aliphatic rings. The summed E-state index contributed by atoms with van der Waals surface area (Å²) in [7, 11) is 3.27.